The predicted octanol–water partition coefficient (Wildman–Crippen LogP) is 11.5. The van der Waals surface area contributed by atoms with Crippen LogP contribution in [0.1, 0.15) is 72.2 Å². The Morgan fingerprint density at radius 1 is 0.381 bits per heavy atom. The van der Waals surface area contributed by atoms with Crippen LogP contribution in [0.25, 0.3) is 43.8 Å². The second-order valence-electron chi connectivity index (χ2n) is 13.7. The summed E-state index contributed by atoms with van der Waals surface area (Å²) in [5.41, 5.74) is 17.2. The van der Waals surface area contributed by atoms with Crippen molar-refractivity contribution in [1.29, 1.82) is 0 Å². The van der Waals surface area contributed by atoms with E-state index in [-0.39, 0.29) is 10.8 Å². The van der Waals surface area contributed by atoms with Crippen LogP contribution in [0.4, 0.5) is 0 Å². The fourth-order valence-electron chi connectivity index (χ4n) is 7.76. The number of hydrogen-bond acceptors (Lipinski definition) is 0. The summed E-state index contributed by atoms with van der Waals surface area (Å²) in [5, 5.41) is 5.53. The zero-order chi connectivity index (χ0) is 29.6. The van der Waals surface area contributed by atoms with Gasteiger partial charge in [-0.05, 0) is 105 Å². The molecule has 0 radical (unpaired) electrons. The molecule has 6 aromatic carbocycles. The van der Waals surface area contributed by atoms with Gasteiger partial charge in [0.25, 0.3) is 0 Å². The van der Waals surface area contributed by atoms with Gasteiger partial charge in [-0.15, -0.1) is 0 Å². The number of benzene rings is 6. The van der Waals surface area contributed by atoms with E-state index in [9.17, 15) is 0 Å². The van der Waals surface area contributed by atoms with Gasteiger partial charge in [-0.25, -0.2) is 0 Å². The Bertz CT molecular complexity index is 1910. The maximum atomic E-state index is 2.40. The van der Waals surface area contributed by atoms with Crippen molar-refractivity contribution in [2.45, 2.75) is 66.2 Å². The number of aryl methyl sites for hydroxylation is 4. The monoisotopic (exact) mass is 544 g/mol. The molecule has 0 heteroatoms. The largest absolute Gasteiger partial charge is 0.0616 e. The van der Waals surface area contributed by atoms with E-state index >= 15 is 0 Å². The minimum atomic E-state index is 0.0888. The van der Waals surface area contributed by atoms with E-state index in [2.05, 4.69) is 152 Å². The number of rotatable bonds is 0. The van der Waals surface area contributed by atoms with Gasteiger partial charge in [-0.1, -0.05) is 136 Å². The maximum absolute atomic E-state index is 2.40. The Morgan fingerprint density at radius 3 is 1.12 bits per heavy atom. The zero-order valence-electron chi connectivity index (χ0n) is 26.2. The van der Waals surface area contributed by atoms with Gasteiger partial charge < -0.3 is 0 Å². The van der Waals surface area contributed by atoms with Crippen molar-refractivity contribution >= 4 is 21.5 Å². The lowest BCUT2D eigenvalue weighted by Gasteiger charge is -2.22. The van der Waals surface area contributed by atoms with Gasteiger partial charge in [0.2, 0.25) is 0 Å². The molecule has 0 spiro atoms. The van der Waals surface area contributed by atoms with E-state index in [1.54, 1.807) is 0 Å². The number of hydrogen-bond donors (Lipinski definition) is 0. The molecule has 0 saturated carbocycles. The molecule has 0 fully saturated rings. The first-order chi connectivity index (χ1) is 20.0. The van der Waals surface area contributed by atoms with E-state index < -0.39 is 0 Å². The van der Waals surface area contributed by atoms with Crippen LogP contribution in [0, 0.1) is 27.7 Å². The van der Waals surface area contributed by atoms with Crippen molar-refractivity contribution in [3.8, 4) is 22.3 Å². The van der Waals surface area contributed by atoms with Crippen molar-refractivity contribution < 1.29 is 0 Å². The lowest BCUT2D eigenvalue weighted by molar-refractivity contribution is 0.659. The highest BCUT2D eigenvalue weighted by molar-refractivity contribution is 6.05. The van der Waals surface area contributed by atoms with E-state index in [0.717, 1.165) is 0 Å². The van der Waals surface area contributed by atoms with Crippen LogP contribution in [-0.4, -0.2) is 0 Å². The Morgan fingerprint density at radius 2 is 0.738 bits per heavy atom. The standard InChI is InChI=1S/2C21H20/c2*1-13-9-10-17-18(11-13)21(3,4)19-12-14(2)15-7-5-6-8-16(15)20(17)19/h2*5-12H,1-4H3. The average molecular weight is 545 g/mol. The van der Waals surface area contributed by atoms with Gasteiger partial charge in [-0.2, -0.15) is 0 Å². The van der Waals surface area contributed by atoms with Crippen molar-refractivity contribution in [3.05, 3.63) is 142 Å². The molecule has 0 amide bonds. The molecule has 42 heavy (non-hydrogen) atoms. The Balaban J connectivity index is 0.000000137. The van der Waals surface area contributed by atoms with Gasteiger partial charge in [0, 0.05) is 10.8 Å². The smallest absolute Gasteiger partial charge is 0.0159 e. The molecule has 0 aromatic heterocycles. The first-order valence-electron chi connectivity index (χ1n) is 15.3. The minimum absolute atomic E-state index is 0.0888. The van der Waals surface area contributed by atoms with Gasteiger partial charge in [0.05, 0.1) is 0 Å². The molecule has 208 valence electrons. The summed E-state index contributed by atoms with van der Waals surface area (Å²) in [6, 6.07) is 36.2. The highest BCUT2D eigenvalue weighted by atomic mass is 14.4. The highest BCUT2D eigenvalue weighted by Gasteiger charge is 2.38. The Kier molecular flexibility index (Phi) is 5.83. The third kappa shape index (κ3) is 3.74. The summed E-state index contributed by atoms with van der Waals surface area (Å²) < 4.78 is 0. The second-order valence-corrected chi connectivity index (χ2v) is 13.7. The van der Waals surface area contributed by atoms with E-state index in [1.165, 1.54) is 88.3 Å². The quantitative estimate of drug-likeness (QED) is 0.178. The molecule has 0 nitrogen and oxygen atoms in total. The molecular weight excluding hydrogens is 504 g/mol. The Labute approximate surface area is 251 Å². The van der Waals surface area contributed by atoms with Gasteiger partial charge in [-0.3, -0.25) is 0 Å². The summed E-state index contributed by atoms with van der Waals surface area (Å²) >= 11 is 0. The molecule has 0 N–H and O–H groups in total. The summed E-state index contributed by atoms with van der Waals surface area (Å²) in [6.45, 7) is 18.2. The topological polar surface area (TPSA) is 0 Å². The van der Waals surface area contributed by atoms with Crippen LogP contribution >= 0.6 is 0 Å². The molecule has 6 aromatic rings. The summed E-state index contributed by atoms with van der Waals surface area (Å²) in [7, 11) is 0. The highest BCUT2D eigenvalue weighted by Crippen LogP contribution is 2.53. The van der Waals surface area contributed by atoms with Crippen LogP contribution in [0.2, 0.25) is 0 Å². The van der Waals surface area contributed by atoms with Crippen molar-refractivity contribution in [1.82, 2.24) is 0 Å². The second kappa shape index (κ2) is 9.17. The Hall–Kier alpha value is -4.16. The van der Waals surface area contributed by atoms with Crippen LogP contribution in [0.5, 0.6) is 0 Å². The minimum Gasteiger partial charge on any atom is -0.0616 e. The summed E-state index contributed by atoms with van der Waals surface area (Å²) in [5.74, 6) is 0. The molecule has 2 aliphatic rings. The van der Waals surface area contributed by atoms with E-state index in [1.807, 2.05) is 0 Å². The molecule has 0 heterocycles. The van der Waals surface area contributed by atoms with Crippen LogP contribution in [-0.2, 0) is 10.8 Å². The van der Waals surface area contributed by atoms with Crippen LogP contribution < -0.4 is 0 Å². The zero-order valence-corrected chi connectivity index (χ0v) is 26.2. The fourth-order valence-corrected chi connectivity index (χ4v) is 7.76. The molecule has 0 aliphatic heterocycles. The normalized spacial score (nSPS) is 15.0. The first-order valence-corrected chi connectivity index (χ1v) is 15.3. The maximum Gasteiger partial charge on any atom is 0.0159 e. The van der Waals surface area contributed by atoms with Crippen molar-refractivity contribution in [3.63, 3.8) is 0 Å². The number of fused-ring (bicyclic) bond motifs is 10. The molecule has 0 saturated heterocycles. The average Bonchev–Trinajstić information content (AvgIpc) is 3.32. The van der Waals surface area contributed by atoms with Crippen molar-refractivity contribution in [2.75, 3.05) is 0 Å². The lowest BCUT2D eigenvalue weighted by Crippen LogP contribution is -2.15. The molecule has 2 aliphatic carbocycles. The molecule has 0 unspecified atom stereocenters. The molecule has 8 rings (SSSR count). The van der Waals surface area contributed by atoms with Crippen LogP contribution in [0.15, 0.2) is 97.1 Å². The lowest BCUT2D eigenvalue weighted by atomic mass is 9.81. The third-order valence-electron chi connectivity index (χ3n) is 10.1. The van der Waals surface area contributed by atoms with Crippen LogP contribution in [0.3, 0.4) is 0 Å². The van der Waals surface area contributed by atoms with Gasteiger partial charge >= 0.3 is 0 Å². The summed E-state index contributed by atoms with van der Waals surface area (Å²) in [4.78, 5) is 0. The van der Waals surface area contributed by atoms with E-state index in [0.29, 0.717) is 0 Å². The summed E-state index contributed by atoms with van der Waals surface area (Å²) in [6.07, 6.45) is 0. The molecule has 0 bridgehead atoms. The predicted molar refractivity (Wildman–Crippen MR) is 182 cm³/mol. The van der Waals surface area contributed by atoms with Gasteiger partial charge in [0.15, 0.2) is 0 Å². The van der Waals surface area contributed by atoms with E-state index in [4.69, 9.17) is 0 Å². The van der Waals surface area contributed by atoms with Gasteiger partial charge in [0.1, 0.15) is 0 Å². The fraction of sp³-hybridized carbons (Fsp3) is 0.238. The first kappa shape index (κ1) is 26.7. The third-order valence-corrected chi connectivity index (χ3v) is 10.1. The van der Waals surface area contributed by atoms with Crippen molar-refractivity contribution in [2.24, 2.45) is 0 Å². The SMILES string of the molecule is Cc1ccc2c(c1)C(C)(C)c1cc(C)c3ccccc3c1-2.Cc1ccc2c(c1)C(C)(C)c1cc(C)c3ccccc3c1-2. The molecular formula is C42H40. The molecule has 0 atom stereocenters.